The second kappa shape index (κ2) is 7.41. The molecule has 8 heteroatoms. The van der Waals surface area contributed by atoms with Gasteiger partial charge < -0.3 is 9.64 Å². The molecule has 2 atom stereocenters. The fraction of sp³-hybridized carbons (Fsp3) is 0.588. The number of hydrogen-bond donors (Lipinski definition) is 1. The predicted octanol–water partition coefficient (Wildman–Crippen LogP) is 1.26. The largest absolute Gasteiger partial charge is 0.373 e. The summed E-state index contributed by atoms with van der Waals surface area (Å²) < 4.78 is 34.6. The van der Waals surface area contributed by atoms with E-state index in [1.165, 1.54) is 4.31 Å². The SMILES string of the molecule is C[C@H]1CN(S(=O)(=O)NCc2ccc(N3CCCC3=O)cc2)C[C@H](C)O1. The summed E-state index contributed by atoms with van der Waals surface area (Å²) in [7, 11) is -3.54. The van der Waals surface area contributed by atoms with E-state index in [-0.39, 0.29) is 24.7 Å². The summed E-state index contributed by atoms with van der Waals surface area (Å²) in [5, 5.41) is 0. The van der Waals surface area contributed by atoms with E-state index in [2.05, 4.69) is 4.72 Å². The van der Waals surface area contributed by atoms with E-state index >= 15 is 0 Å². The van der Waals surface area contributed by atoms with Crippen molar-refractivity contribution in [3.63, 3.8) is 0 Å². The first kappa shape index (κ1) is 18.3. The lowest BCUT2D eigenvalue weighted by Crippen LogP contribution is -2.51. The van der Waals surface area contributed by atoms with Gasteiger partial charge in [0.2, 0.25) is 5.91 Å². The molecule has 2 heterocycles. The molecule has 0 bridgehead atoms. The van der Waals surface area contributed by atoms with E-state index in [9.17, 15) is 13.2 Å². The quantitative estimate of drug-likeness (QED) is 0.850. The van der Waals surface area contributed by atoms with Crippen LogP contribution < -0.4 is 9.62 Å². The van der Waals surface area contributed by atoms with Crippen molar-refractivity contribution in [1.82, 2.24) is 9.03 Å². The fourth-order valence-corrected chi connectivity index (χ4v) is 4.65. The average Bonchev–Trinajstić information content (AvgIpc) is 2.99. The van der Waals surface area contributed by atoms with Crippen LogP contribution in [0, 0.1) is 0 Å². The van der Waals surface area contributed by atoms with Crippen molar-refractivity contribution in [1.29, 1.82) is 0 Å². The number of morpholine rings is 1. The maximum absolute atomic E-state index is 12.5. The average molecular weight is 367 g/mol. The van der Waals surface area contributed by atoms with Crippen LogP contribution in [-0.2, 0) is 26.3 Å². The highest BCUT2D eigenvalue weighted by Gasteiger charge is 2.30. The Morgan fingerprint density at radius 3 is 2.36 bits per heavy atom. The Bertz CT molecular complexity index is 710. The smallest absolute Gasteiger partial charge is 0.279 e. The van der Waals surface area contributed by atoms with Crippen LogP contribution in [0.4, 0.5) is 5.69 Å². The molecular formula is C17H25N3O4S. The number of rotatable bonds is 5. The predicted molar refractivity (Wildman–Crippen MR) is 95.4 cm³/mol. The van der Waals surface area contributed by atoms with Crippen LogP contribution in [0.1, 0.15) is 32.3 Å². The van der Waals surface area contributed by atoms with Crippen LogP contribution in [0.2, 0.25) is 0 Å². The van der Waals surface area contributed by atoms with Crippen LogP contribution in [0.15, 0.2) is 24.3 Å². The second-order valence-electron chi connectivity index (χ2n) is 6.72. The topological polar surface area (TPSA) is 79.0 Å². The molecule has 3 rings (SSSR count). The Morgan fingerprint density at radius 1 is 1.16 bits per heavy atom. The monoisotopic (exact) mass is 367 g/mol. The van der Waals surface area contributed by atoms with Crippen molar-refractivity contribution in [2.45, 2.75) is 45.4 Å². The molecule has 2 saturated heterocycles. The zero-order valence-corrected chi connectivity index (χ0v) is 15.5. The minimum Gasteiger partial charge on any atom is -0.373 e. The Hall–Kier alpha value is -1.48. The van der Waals surface area contributed by atoms with Crippen LogP contribution in [0.25, 0.3) is 0 Å². The van der Waals surface area contributed by atoms with Crippen LogP contribution in [0.5, 0.6) is 0 Å². The molecular weight excluding hydrogens is 342 g/mol. The third-order valence-electron chi connectivity index (χ3n) is 4.51. The number of carbonyl (C=O) groups excluding carboxylic acids is 1. The fourth-order valence-electron chi connectivity index (χ4n) is 3.31. The van der Waals surface area contributed by atoms with E-state index < -0.39 is 10.2 Å². The Balaban J connectivity index is 1.60. The lowest BCUT2D eigenvalue weighted by Gasteiger charge is -2.34. The summed E-state index contributed by atoms with van der Waals surface area (Å²) in [6.45, 7) is 5.42. The number of ether oxygens (including phenoxy) is 1. The summed E-state index contributed by atoms with van der Waals surface area (Å²) in [6.07, 6.45) is 1.25. The molecule has 1 aromatic carbocycles. The number of benzene rings is 1. The summed E-state index contributed by atoms with van der Waals surface area (Å²) in [6, 6.07) is 7.44. The number of nitrogens with one attached hydrogen (secondary N) is 1. The molecule has 0 radical (unpaired) electrons. The molecule has 0 unspecified atom stereocenters. The first-order chi connectivity index (χ1) is 11.8. The van der Waals surface area contributed by atoms with Crippen LogP contribution in [0.3, 0.4) is 0 Å². The number of amides is 1. The summed E-state index contributed by atoms with van der Waals surface area (Å²) in [4.78, 5) is 13.5. The maximum atomic E-state index is 12.5. The Morgan fingerprint density at radius 2 is 1.80 bits per heavy atom. The summed E-state index contributed by atoms with van der Waals surface area (Å²) >= 11 is 0. The Kier molecular flexibility index (Phi) is 5.43. The summed E-state index contributed by atoms with van der Waals surface area (Å²) in [5.41, 5.74) is 1.72. The molecule has 2 aliphatic rings. The molecule has 0 aromatic heterocycles. The molecule has 0 aliphatic carbocycles. The highest BCUT2D eigenvalue weighted by Crippen LogP contribution is 2.21. The zero-order valence-electron chi connectivity index (χ0n) is 14.6. The van der Waals surface area contributed by atoms with Crippen molar-refractivity contribution in [3.05, 3.63) is 29.8 Å². The Labute approximate surface area is 149 Å². The van der Waals surface area contributed by atoms with Gasteiger partial charge >= 0.3 is 0 Å². The van der Waals surface area contributed by atoms with E-state index in [0.29, 0.717) is 19.5 Å². The maximum Gasteiger partial charge on any atom is 0.279 e. The highest BCUT2D eigenvalue weighted by molar-refractivity contribution is 7.87. The first-order valence-corrected chi connectivity index (χ1v) is 10.1. The number of hydrogen-bond acceptors (Lipinski definition) is 4. The zero-order chi connectivity index (χ0) is 18.0. The van der Waals surface area contributed by atoms with Crippen molar-refractivity contribution >= 4 is 21.8 Å². The number of anilines is 1. The van der Waals surface area contributed by atoms with Gasteiger partial charge in [0.15, 0.2) is 0 Å². The minimum atomic E-state index is -3.54. The normalized spacial score (nSPS) is 25.5. The van der Waals surface area contributed by atoms with Crippen LogP contribution >= 0.6 is 0 Å². The van der Waals surface area contributed by atoms with Gasteiger partial charge in [0.05, 0.1) is 12.2 Å². The molecule has 0 saturated carbocycles. The lowest BCUT2D eigenvalue weighted by molar-refractivity contribution is -0.117. The molecule has 2 fully saturated rings. The van der Waals surface area contributed by atoms with Gasteiger partial charge in [-0.05, 0) is 38.0 Å². The van der Waals surface area contributed by atoms with E-state index in [0.717, 1.165) is 24.2 Å². The van der Waals surface area contributed by atoms with E-state index in [4.69, 9.17) is 4.74 Å². The van der Waals surface area contributed by atoms with Gasteiger partial charge in [-0.1, -0.05) is 12.1 Å². The molecule has 25 heavy (non-hydrogen) atoms. The molecule has 2 aliphatic heterocycles. The lowest BCUT2D eigenvalue weighted by atomic mass is 10.2. The summed E-state index contributed by atoms with van der Waals surface area (Å²) in [5.74, 6) is 0.143. The van der Waals surface area contributed by atoms with Crippen LogP contribution in [-0.4, -0.2) is 50.5 Å². The molecule has 0 spiro atoms. The van der Waals surface area contributed by atoms with Crippen molar-refractivity contribution in [2.24, 2.45) is 0 Å². The molecule has 138 valence electrons. The number of carbonyl (C=O) groups is 1. The van der Waals surface area contributed by atoms with Gasteiger partial charge in [-0.3, -0.25) is 4.79 Å². The molecule has 1 N–H and O–H groups in total. The van der Waals surface area contributed by atoms with Gasteiger partial charge in [0, 0.05) is 38.3 Å². The van der Waals surface area contributed by atoms with Crippen molar-refractivity contribution in [2.75, 3.05) is 24.5 Å². The standard InChI is InChI=1S/C17H25N3O4S/c1-13-11-19(12-14(2)24-13)25(22,23)18-10-15-5-7-16(8-6-15)20-9-3-4-17(20)21/h5-8,13-14,18H,3-4,9-12H2,1-2H3/t13-,14-/m0/s1. The third-order valence-corrected chi connectivity index (χ3v) is 5.99. The second-order valence-corrected chi connectivity index (χ2v) is 8.47. The third kappa shape index (κ3) is 4.38. The van der Waals surface area contributed by atoms with Gasteiger partial charge in [-0.2, -0.15) is 17.4 Å². The van der Waals surface area contributed by atoms with Gasteiger partial charge in [0.1, 0.15) is 0 Å². The van der Waals surface area contributed by atoms with Crippen molar-refractivity contribution < 1.29 is 17.9 Å². The molecule has 1 amide bonds. The number of nitrogens with zero attached hydrogens (tertiary/aromatic N) is 2. The van der Waals surface area contributed by atoms with Gasteiger partial charge in [0.25, 0.3) is 10.2 Å². The minimum absolute atomic E-state index is 0.113. The molecule has 7 nitrogen and oxygen atoms in total. The highest BCUT2D eigenvalue weighted by atomic mass is 32.2. The van der Waals surface area contributed by atoms with E-state index in [1.54, 1.807) is 4.90 Å². The molecule has 1 aromatic rings. The first-order valence-electron chi connectivity index (χ1n) is 8.64. The van der Waals surface area contributed by atoms with E-state index in [1.807, 2.05) is 38.1 Å². The van der Waals surface area contributed by atoms with Crippen molar-refractivity contribution in [3.8, 4) is 0 Å². The van der Waals surface area contributed by atoms with Gasteiger partial charge in [-0.15, -0.1) is 0 Å². The van der Waals surface area contributed by atoms with Gasteiger partial charge in [-0.25, -0.2) is 0 Å².